The number of carbonyl (C=O) groups is 1. The minimum Gasteiger partial charge on any atom is -0.385 e. The van der Waals surface area contributed by atoms with Crippen LogP contribution in [0, 0.1) is 0 Å². The molecule has 0 bridgehead atoms. The third-order valence-corrected chi connectivity index (χ3v) is 5.91. The van der Waals surface area contributed by atoms with Crippen LogP contribution in [-0.4, -0.2) is 56.4 Å². The Morgan fingerprint density at radius 3 is 2.74 bits per heavy atom. The second kappa shape index (κ2) is 8.94. The van der Waals surface area contributed by atoms with E-state index >= 15 is 0 Å². The van der Waals surface area contributed by atoms with Gasteiger partial charge in [0, 0.05) is 32.6 Å². The monoisotopic (exact) mass is 460 g/mol. The summed E-state index contributed by atoms with van der Waals surface area (Å²) < 4.78 is 8.28. The van der Waals surface area contributed by atoms with Crippen LogP contribution < -0.4 is 21.5 Å². The predicted molar refractivity (Wildman–Crippen MR) is 127 cm³/mol. The summed E-state index contributed by atoms with van der Waals surface area (Å²) in [5, 5.41) is 13.7. The standard InChI is InChI=1S/C23H24N8O3/c1-24-16-12-19(27-15-6-5-11-30(23(15)33)20-7-3-4-10-25-20)29-31-17(13-26-21(16)31)22(32)28-14-8-9-18(14)34-2/h3-7,10-14,18,24H,8-9H2,1-2H3,(H,27,29)(H,28,32)/t14-,18-/m0/s1. The van der Waals surface area contributed by atoms with Crippen LogP contribution in [0.1, 0.15) is 23.3 Å². The molecule has 5 rings (SSSR count). The quantitative estimate of drug-likeness (QED) is 0.382. The molecule has 4 aromatic rings. The number of hydrogen-bond acceptors (Lipinski definition) is 8. The molecule has 1 saturated carbocycles. The summed E-state index contributed by atoms with van der Waals surface area (Å²) in [6, 6.07) is 10.5. The van der Waals surface area contributed by atoms with Crippen LogP contribution in [0.2, 0.25) is 0 Å². The van der Waals surface area contributed by atoms with Crippen LogP contribution in [0.5, 0.6) is 0 Å². The first kappa shape index (κ1) is 21.6. The fourth-order valence-electron chi connectivity index (χ4n) is 3.93. The van der Waals surface area contributed by atoms with E-state index in [0.717, 1.165) is 12.8 Å². The number of ether oxygens (including phenoxy) is 1. The Labute approximate surface area is 194 Å². The zero-order valence-corrected chi connectivity index (χ0v) is 18.7. The number of anilines is 3. The Hall–Kier alpha value is -4.25. The number of fused-ring (bicyclic) bond motifs is 1. The van der Waals surface area contributed by atoms with Gasteiger partial charge in [-0.1, -0.05) is 6.07 Å². The molecule has 0 radical (unpaired) electrons. The lowest BCUT2D eigenvalue weighted by molar-refractivity contribution is 0.00718. The van der Waals surface area contributed by atoms with Gasteiger partial charge in [-0.3, -0.25) is 14.2 Å². The number of amides is 1. The number of nitrogens with one attached hydrogen (secondary N) is 3. The number of aromatic nitrogens is 5. The molecule has 11 heteroatoms. The molecular formula is C23H24N8O3. The first-order valence-electron chi connectivity index (χ1n) is 10.9. The normalized spacial score (nSPS) is 17.2. The zero-order valence-electron chi connectivity index (χ0n) is 18.7. The van der Waals surface area contributed by atoms with Gasteiger partial charge < -0.3 is 20.7 Å². The first-order valence-corrected chi connectivity index (χ1v) is 10.9. The average Bonchev–Trinajstić information content (AvgIpc) is 3.27. The Morgan fingerprint density at radius 2 is 2.03 bits per heavy atom. The van der Waals surface area contributed by atoms with Gasteiger partial charge in [0.1, 0.15) is 11.5 Å². The summed E-state index contributed by atoms with van der Waals surface area (Å²) in [6.07, 6.45) is 6.55. The van der Waals surface area contributed by atoms with E-state index in [0.29, 0.717) is 28.7 Å². The molecule has 4 aromatic heterocycles. The number of carbonyl (C=O) groups excluding carboxylic acids is 1. The zero-order chi connectivity index (χ0) is 23.7. The summed E-state index contributed by atoms with van der Waals surface area (Å²) in [5.41, 5.74) is 1.46. The third kappa shape index (κ3) is 3.86. The Bertz CT molecular complexity index is 1400. The molecule has 0 aromatic carbocycles. The number of imidazole rings is 1. The third-order valence-electron chi connectivity index (χ3n) is 5.91. The molecule has 3 N–H and O–H groups in total. The molecule has 34 heavy (non-hydrogen) atoms. The van der Waals surface area contributed by atoms with Crippen molar-refractivity contribution >= 4 is 28.7 Å². The van der Waals surface area contributed by atoms with Gasteiger partial charge in [0.25, 0.3) is 11.5 Å². The van der Waals surface area contributed by atoms with Crippen molar-refractivity contribution in [2.75, 3.05) is 24.8 Å². The van der Waals surface area contributed by atoms with E-state index in [1.54, 1.807) is 56.9 Å². The lowest BCUT2D eigenvalue weighted by Gasteiger charge is -2.35. The van der Waals surface area contributed by atoms with Crippen LogP contribution in [0.15, 0.2) is 59.8 Å². The van der Waals surface area contributed by atoms with Crippen molar-refractivity contribution in [1.82, 2.24) is 29.5 Å². The number of methoxy groups -OCH3 is 1. The highest BCUT2D eigenvalue weighted by Gasteiger charge is 2.33. The molecule has 2 atom stereocenters. The highest BCUT2D eigenvalue weighted by atomic mass is 16.5. The second-order valence-corrected chi connectivity index (χ2v) is 7.91. The average molecular weight is 460 g/mol. The van der Waals surface area contributed by atoms with Crippen LogP contribution in [0.3, 0.4) is 0 Å². The van der Waals surface area contributed by atoms with E-state index < -0.39 is 0 Å². The summed E-state index contributed by atoms with van der Waals surface area (Å²) in [4.78, 5) is 34.6. The molecule has 1 amide bonds. The number of pyridine rings is 2. The molecule has 174 valence electrons. The summed E-state index contributed by atoms with van der Waals surface area (Å²) in [6.45, 7) is 0. The maximum Gasteiger partial charge on any atom is 0.279 e. The van der Waals surface area contributed by atoms with Crippen LogP contribution in [-0.2, 0) is 4.74 Å². The van der Waals surface area contributed by atoms with E-state index in [1.165, 1.54) is 15.3 Å². The molecule has 11 nitrogen and oxygen atoms in total. The van der Waals surface area contributed by atoms with Gasteiger partial charge in [0.15, 0.2) is 17.2 Å². The van der Waals surface area contributed by atoms with Crippen molar-refractivity contribution in [3.63, 3.8) is 0 Å². The van der Waals surface area contributed by atoms with E-state index in [-0.39, 0.29) is 29.3 Å². The molecular weight excluding hydrogens is 436 g/mol. The first-order chi connectivity index (χ1) is 16.6. The number of nitrogens with zero attached hydrogens (tertiary/aromatic N) is 5. The molecule has 4 heterocycles. The SMILES string of the molecule is CNc1cc(Nc2cccn(-c3ccccn3)c2=O)nn2c(C(=O)N[C@H]3CC[C@@H]3OC)cnc12. The topological polar surface area (TPSA) is 127 Å². The van der Waals surface area contributed by atoms with Gasteiger partial charge >= 0.3 is 0 Å². The highest BCUT2D eigenvalue weighted by molar-refractivity contribution is 5.94. The summed E-state index contributed by atoms with van der Waals surface area (Å²) in [5.74, 6) is 0.593. The smallest absolute Gasteiger partial charge is 0.279 e. The van der Waals surface area contributed by atoms with E-state index in [9.17, 15) is 9.59 Å². The lowest BCUT2D eigenvalue weighted by atomic mass is 9.89. The maximum atomic E-state index is 13.1. The van der Waals surface area contributed by atoms with Crippen molar-refractivity contribution < 1.29 is 9.53 Å². The van der Waals surface area contributed by atoms with Gasteiger partial charge in [0.05, 0.1) is 24.0 Å². The maximum absolute atomic E-state index is 13.1. The minimum absolute atomic E-state index is 0.0144. The predicted octanol–water partition coefficient (Wildman–Crippen LogP) is 1.97. The second-order valence-electron chi connectivity index (χ2n) is 7.91. The highest BCUT2D eigenvalue weighted by Crippen LogP contribution is 2.24. The molecule has 1 fully saturated rings. The van der Waals surface area contributed by atoms with Crippen LogP contribution in [0.4, 0.5) is 17.2 Å². The number of hydrogen-bond donors (Lipinski definition) is 3. The van der Waals surface area contributed by atoms with Gasteiger partial charge in [-0.15, -0.1) is 5.10 Å². The van der Waals surface area contributed by atoms with Crippen molar-refractivity contribution in [2.24, 2.45) is 0 Å². The van der Waals surface area contributed by atoms with Crippen molar-refractivity contribution in [3.8, 4) is 5.82 Å². The summed E-state index contributed by atoms with van der Waals surface area (Å²) in [7, 11) is 3.39. The molecule has 0 spiro atoms. The van der Waals surface area contributed by atoms with Crippen LogP contribution >= 0.6 is 0 Å². The summed E-state index contributed by atoms with van der Waals surface area (Å²) >= 11 is 0. The molecule has 1 aliphatic carbocycles. The Morgan fingerprint density at radius 1 is 1.15 bits per heavy atom. The molecule has 0 aliphatic heterocycles. The van der Waals surface area contributed by atoms with Gasteiger partial charge in [-0.2, -0.15) is 0 Å². The Kier molecular flexibility index (Phi) is 5.68. The van der Waals surface area contributed by atoms with E-state index in [4.69, 9.17) is 4.74 Å². The van der Waals surface area contributed by atoms with Gasteiger partial charge in [-0.05, 0) is 37.1 Å². The minimum atomic E-state index is -0.289. The Balaban J connectivity index is 1.48. The number of rotatable bonds is 7. The van der Waals surface area contributed by atoms with Crippen molar-refractivity contribution in [1.29, 1.82) is 0 Å². The molecule has 0 unspecified atom stereocenters. The largest absolute Gasteiger partial charge is 0.385 e. The fraction of sp³-hybridized carbons (Fsp3) is 0.261. The van der Waals surface area contributed by atoms with Crippen molar-refractivity contribution in [3.05, 3.63) is 71.0 Å². The van der Waals surface area contributed by atoms with Gasteiger partial charge in [0.2, 0.25) is 0 Å². The molecule has 0 saturated heterocycles. The van der Waals surface area contributed by atoms with E-state index in [1.807, 2.05) is 6.07 Å². The lowest BCUT2D eigenvalue weighted by Crippen LogP contribution is -2.51. The molecule has 1 aliphatic rings. The van der Waals surface area contributed by atoms with Crippen LogP contribution in [0.25, 0.3) is 11.5 Å². The van der Waals surface area contributed by atoms with Crippen molar-refractivity contribution in [2.45, 2.75) is 25.0 Å². The van der Waals surface area contributed by atoms with E-state index in [2.05, 4.69) is 31.0 Å². The van der Waals surface area contributed by atoms with Gasteiger partial charge in [-0.25, -0.2) is 14.5 Å². The fourth-order valence-corrected chi connectivity index (χ4v) is 3.93.